The van der Waals surface area contributed by atoms with Crippen molar-refractivity contribution in [1.82, 2.24) is 0 Å². The van der Waals surface area contributed by atoms with Crippen LogP contribution in [-0.4, -0.2) is 5.16 Å². The average Bonchev–Trinajstić information content (AvgIpc) is 2.45. The third-order valence-electron chi connectivity index (χ3n) is 3.81. The van der Waals surface area contributed by atoms with Crippen molar-refractivity contribution in [3.05, 3.63) is 28.8 Å². The van der Waals surface area contributed by atoms with E-state index in [-0.39, 0.29) is 0 Å². The fraction of sp³-hybridized carbons (Fsp3) is 0.588. The van der Waals surface area contributed by atoms with Crippen LogP contribution < -0.4 is 0 Å². The number of benzene rings is 1. The van der Waals surface area contributed by atoms with Gasteiger partial charge in [0.25, 0.3) is 0 Å². The Morgan fingerprint density at radius 2 is 1.68 bits per heavy atom. The third kappa shape index (κ3) is 3.99. The molecule has 0 aliphatic heterocycles. The molecule has 0 saturated carbocycles. The van der Waals surface area contributed by atoms with Gasteiger partial charge in [0.05, 0.1) is 10.8 Å². The first kappa shape index (κ1) is 16.1. The summed E-state index contributed by atoms with van der Waals surface area (Å²) in [6.45, 7) is 8.90. The van der Waals surface area contributed by atoms with Gasteiger partial charge in [-0.05, 0) is 60.5 Å². The summed E-state index contributed by atoms with van der Waals surface area (Å²) in [6.07, 6.45) is 5.70. The minimum absolute atomic E-state index is 0.672. The first-order chi connectivity index (χ1) is 9.21. The summed E-state index contributed by atoms with van der Waals surface area (Å²) >= 11 is 4.78. The van der Waals surface area contributed by atoms with Crippen LogP contribution >= 0.6 is 12.2 Å². The number of hydrogen-bond donors (Lipinski definition) is 0. The summed E-state index contributed by atoms with van der Waals surface area (Å²) in [5, 5.41) is 2.53. The molecule has 1 aromatic rings. The molecule has 2 heteroatoms. The molecule has 1 aromatic carbocycles. The molecule has 0 aromatic heterocycles. The van der Waals surface area contributed by atoms with Gasteiger partial charge >= 0.3 is 0 Å². The van der Waals surface area contributed by atoms with Crippen molar-refractivity contribution in [3.8, 4) is 0 Å². The smallest absolute Gasteiger partial charge is 0.0803 e. The van der Waals surface area contributed by atoms with Gasteiger partial charge in [-0.25, -0.2) is 0 Å². The Kier molecular flexibility index (Phi) is 6.97. The fourth-order valence-electron chi connectivity index (χ4n) is 2.71. The molecule has 0 amide bonds. The summed E-state index contributed by atoms with van der Waals surface area (Å²) in [4.78, 5) is 4.29. The summed E-state index contributed by atoms with van der Waals surface area (Å²) in [6, 6.07) is 4.66. The molecule has 0 heterocycles. The zero-order valence-corrected chi connectivity index (χ0v) is 13.4. The van der Waals surface area contributed by atoms with E-state index in [4.69, 9.17) is 12.2 Å². The average molecular weight is 275 g/mol. The SMILES string of the molecule is CCCC(CC)c1cc(CC)c(N=C=S)c(CC)c1. The van der Waals surface area contributed by atoms with Crippen molar-refractivity contribution in [2.75, 3.05) is 0 Å². The molecular formula is C17H25NS. The first-order valence-corrected chi connectivity index (χ1v) is 7.85. The summed E-state index contributed by atoms with van der Waals surface area (Å²) in [7, 11) is 0. The van der Waals surface area contributed by atoms with E-state index < -0.39 is 0 Å². The second kappa shape index (κ2) is 8.24. The molecule has 104 valence electrons. The Balaban J connectivity index is 3.32. The van der Waals surface area contributed by atoms with Crippen molar-refractivity contribution in [1.29, 1.82) is 0 Å². The molecule has 19 heavy (non-hydrogen) atoms. The van der Waals surface area contributed by atoms with Gasteiger partial charge in [-0.15, -0.1) is 0 Å². The van der Waals surface area contributed by atoms with Gasteiger partial charge in [0.15, 0.2) is 0 Å². The lowest BCUT2D eigenvalue weighted by Gasteiger charge is -2.18. The molecular weight excluding hydrogens is 250 g/mol. The van der Waals surface area contributed by atoms with Crippen LogP contribution in [0, 0.1) is 0 Å². The number of rotatable bonds is 7. The van der Waals surface area contributed by atoms with E-state index >= 15 is 0 Å². The van der Waals surface area contributed by atoms with Crippen molar-refractivity contribution in [2.24, 2.45) is 4.99 Å². The lowest BCUT2D eigenvalue weighted by atomic mass is 9.88. The molecule has 0 bridgehead atoms. The van der Waals surface area contributed by atoms with E-state index in [1.165, 1.54) is 36.0 Å². The Hall–Kier alpha value is -0.980. The van der Waals surface area contributed by atoms with Crippen LogP contribution in [0.2, 0.25) is 0 Å². The highest BCUT2D eigenvalue weighted by molar-refractivity contribution is 7.78. The Morgan fingerprint density at radius 1 is 1.11 bits per heavy atom. The molecule has 1 nitrogen and oxygen atoms in total. The third-order valence-corrected chi connectivity index (χ3v) is 3.90. The standard InChI is InChI=1S/C17H25NS/c1-5-9-13(6-2)16-10-14(7-3)17(18-12-19)15(8-4)11-16/h10-11,13H,5-9H2,1-4H3. The van der Waals surface area contributed by atoms with Gasteiger partial charge in [0, 0.05) is 0 Å². The lowest BCUT2D eigenvalue weighted by Crippen LogP contribution is -2.00. The summed E-state index contributed by atoms with van der Waals surface area (Å²) in [5.74, 6) is 0.672. The predicted molar refractivity (Wildman–Crippen MR) is 87.8 cm³/mol. The number of isothiocyanates is 1. The van der Waals surface area contributed by atoms with Crippen LogP contribution in [0.3, 0.4) is 0 Å². The van der Waals surface area contributed by atoms with Gasteiger partial charge in [-0.1, -0.05) is 46.2 Å². The highest BCUT2D eigenvalue weighted by Crippen LogP contribution is 2.33. The molecule has 0 saturated heterocycles. The van der Waals surface area contributed by atoms with Gasteiger partial charge in [-0.3, -0.25) is 0 Å². The van der Waals surface area contributed by atoms with E-state index in [9.17, 15) is 0 Å². The maximum absolute atomic E-state index is 4.78. The number of thiocarbonyl (C=S) groups is 1. The molecule has 1 atom stereocenters. The molecule has 0 N–H and O–H groups in total. The lowest BCUT2D eigenvalue weighted by molar-refractivity contribution is 0.595. The zero-order valence-electron chi connectivity index (χ0n) is 12.6. The van der Waals surface area contributed by atoms with Crippen molar-refractivity contribution in [2.45, 2.75) is 65.7 Å². The normalized spacial score (nSPS) is 12.0. The number of hydrogen-bond acceptors (Lipinski definition) is 2. The van der Waals surface area contributed by atoms with Gasteiger partial charge in [-0.2, -0.15) is 4.99 Å². The molecule has 1 rings (SSSR count). The molecule has 1 unspecified atom stereocenters. The Bertz CT molecular complexity index is 433. The second-order valence-electron chi connectivity index (χ2n) is 4.99. The van der Waals surface area contributed by atoms with Crippen molar-refractivity contribution >= 4 is 23.1 Å². The predicted octanol–water partition coefficient (Wildman–Crippen LogP) is 5.84. The maximum atomic E-state index is 4.78. The minimum Gasteiger partial charge on any atom is -0.194 e. The van der Waals surface area contributed by atoms with E-state index in [0.29, 0.717) is 5.92 Å². The Morgan fingerprint density at radius 3 is 2.05 bits per heavy atom. The minimum atomic E-state index is 0.672. The van der Waals surface area contributed by atoms with E-state index in [0.717, 1.165) is 18.5 Å². The molecule has 0 spiro atoms. The fourth-order valence-corrected chi connectivity index (χ4v) is 2.80. The van der Waals surface area contributed by atoms with Crippen LogP contribution in [0.5, 0.6) is 0 Å². The molecule has 0 radical (unpaired) electrons. The van der Waals surface area contributed by atoms with Gasteiger partial charge in [0.1, 0.15) is 0 Å². The highest BCUT2D eigenvalue weighted by Gasteiger charge is 2.14. The van der Waals surface area contributed by atoms with Crippen LogP contribution in [0.4, 0.5) is 5.69 Å². The van der Waals surface area contributed by atoms with E-state index in [2.05, 4.69) is 50.0 Å². The van der Waals surface area contributed by atoms with Crippen molar-refractivity contribution in [3.63, 3.8) is 0 Å². The topological polar surface area (TPSA) is 12.4 Å². The number of aliphatic imine (C=N–C) groups is 1. The highest BCUT2D eigenvalue weighted by atomic mass is 32.1. The van der Waals surface area contributed by atoms with Crippen LogP contribution in [0.1, 0.15) is 69.6 Å². The number of nitrogens with zero attached hydrogens (tertiary/aromatic N) is 1. The van der Waals surface area contributed by atoms with Gasteiger partial charge < -0.3 is 0 Å². The molecule has 0 aliphatic rings. The van der Waals surface area contributed by atoms with Crippen molar-refractivity contribution < 1.29 is 0 Å². The summed E-state index contributed by atoms with van der Waals surface area (Å²) in [5.41, 5.74) is 5.14. The van der Waals surface area contributed by atoms with E-state index in [1.54, 1.807) is 0 Å². The monoisotopic (exact) mass is 275 g/mol. The first-order valence-electron chi connectivity index (χ1n) is 7.45. The Labute approximate surface area is 123 Å². The van der Waals surface area contributed by atoms with Crippen LogP contribution in [0.25, 0.3) is 0 Å². The quantitative estimate of drug-likeness (QED) is 0.450. The maximum Gasteiger partial charge on any atom is 0.0803 e. The van der Waals surface area contributed by atoms with Gasteiger partial charge in [0.2, 0.25) is 0 Å². The largest absolute Gasteiger partial charge is 0.194 e. The van der Waals surface area contributed by atoms with Crippen LogP contribution in [-0.2, 0) is 12.8 Å². The summed E-state index contributed by atoms with van der Waals surface area (Å²) < 4.78 is 0. The van der Waals surface area contributed by atoms with E-state index in [1.807, 2.05) is 0 Å². The molecule has 0 aliphatic carbocycles. The molecule has 0 fully saturated rings. The van der Waals surface area contributed by atoms with Crippen LogP contribution in [0.15, 0.2) is 17.1 Å². The zero-order chi connectivity index (χ0) is 14.3. The number of aryl methyl sites for hydroxylation is 2. The second-order valence-corrected chi connectivity index (χ2v) is 5.17.